The third-order valence-electron chi connectivity index (χ3n) is 5.66. The van der Waals surface area contributed by atoms with Gasteiger partial charge < -0.3 is 20.2 Å². The number of benzene rings is 3. The number of nitrogens with zero attached hydrogens (tertiary/aromatic N) is 3. The maximum atomic E-state index is 11.2. The molecule has 2 N–H and O–H groups in total. The number of carboxylic acid groups (broad SMARTS) is 1. The third kappa shape index (κ3) is 6.26. The first-order chi connectivity index (χ1) is 16.1. The van der Waals surface area contributed by atoms with Gasteiger partial charge in [0.1, 0.15) is 0 Å². The molecule has 0 bridgehead atoms. The van der Waals surface area contributed by atoms with E-state index in [1.165, 1.54) is 11.3 Å². The minimum absolute atomic E-state index is 0.264. The largest absolute Gasteiger partial charge is 0.478 e. The van der Waals surface area contributed by atoms with E-state index in [9.17, 15) is 4.79 Å². The number of anilines is 2. The molecule has 7 heteroatoms. The fourth-order valence-electron chi connectivity index (χ4n) is 3.81. The zero-order valence-corrected chi connectivity index (χ0v) is 19.1. The van der Waals surface area contributed by atoms with Crippen LogP contribution >= 0.6 is 11.6 Å². The molecule has 0 atom stereocenters. The highest BCUT2D eigenvalue weighted by Crippen LogP contribution is 2.20. The molecule has 3 aromatic rings. The Balaban J connectivity index is 1.45. The minimum Gasteiger partial charge on any atom is -0.478 e. The first-order valence-electron chi connectivity index (χ1n) is 11.0. The highest BCUT2D eigenvalue weighted by molar-refractivity contribution is 6.30. The van der Waals surface area contributed by atoms with Crippen molar-refractivity contribution in [2.24, 2.45) is 4.99 Å². The van der Waals surface area contributed by atoms with Crippen molar-refractivity contribution in [3.63, 3.8) is 0 Å². The topological polar surface area (TPSA) is 68.2 Å². The quantitative estimate of drug-likeness (QED) is 0.404. The number of carboxylic acids is 1. The predicted octanol–water partition coefficient (Wildman–Crippen LogP) is 4.87. The van der Waals surface area contributed by atoms with Crippen molar-refractivity contribution in [3.05, 3.63) is 95.0 Å². The molecule has 3 aromatic carbocycles. The number of aliphatic imine (C=N–C) groups is 1. The van der Waals surface area contributed by atoms with Crippen LogP contribution in [-0.2, 0) is 6.42 Å². The van der Waals surface area contributed by atoms with Gasteiger partial charge in [0, 0.05) is 49.1 Å². The number of nitrogens with one attached hydrogen (secondary N) is 1. The summed E-state index contributed by atoms with van der Waals surface area (Å²) in [7, 11) is 0. The van der Waals surface area contributed by atoms with Gasteiger partial charge in [-0.15, -0.1) is 0 Å². The molecule has 0 spiro atoms. The van der Waals surface area contributed by atoms with Crippen LogP contribution in [0.1, 0.15) is 15.9 Å². The molecule has 33 heavy (non-hydrogen) atoms. The fourth-order valence-corrected chi connectivity index (χ4v) is 3.93. The Morgan fingerprint density at radius 3 is 2.21 bits per heavy atom. The number of rotatable bonds is 6. The SMILES string of the molecule is O=C(O)c1ccc(NC(=NCCc2ccccc2)N2CCN(c3ccc(Cl)cc3)CC2)cc1. The smallest absolute Gasteiger partial charge is 0.335 e. The molecular formula is C26H27ClN4O2. The number of guanidine groups is 1. The highest BCUT2D eigenvalue weighted by Gasteiger charge is 2.20. The van der Waals surface area contributed by atoms with Gasteiger partial charge in [0.15, 0.2) is 5.96 Å². The van der Waals surface area contributed by atoms with Gasteiger partial charge in [0.25, 0.3) is 0 Å². The summed E-state index contributed by atoms with van der Waals surface area (Å²) in [5, 5.41) is 13.3. The average molecular weight is 463 g/mol. The molecule has 1 fully saturated rings. The molecule has 0 unspecified atom stereocenters. The minimum atomic E-state index is -0.934. The molecule has 0 aromatic heterocycles. The summed E-state index contributed by atoms with van der Waals surface area (Å²) in [4.78, 5) is 20.6. The average Bonchev–Trinajstić information content (AvgIpc) is 2.85. The molecule has 4 rings (SSSR count). The summed E-state index contributed by atoms with van der Waals surface area (Å²) in [6.45, 7) is 4.06. The van der Waals surface area contributed by atoms with Crippen molar-refractivity contribution in [3.8, 4) is 0 Å². The third-order valence-corrected chi connectivity index (χ3v) is 5.92. The van der Waals surface area contributed by atoms with Crippen molar-refractivity contribution in [2.75, 3.05) is 42.9 Å². The van der Waals surface area contributed by atoms with Gasteiger partial charge in [-0.25, -0.2) is 4.79 Å². The van der Waals surface area contributed by atoms with Crippen LogP contribution in [-0.4, -0.2) is 54.7 Å². The lowest BCUT2D eigenvalue weighted by atomic mass is 10.1. The van der Waals surface area contributed by atoms with E-state index in [2.05, 4.69) is 39.4 Å². The van der Waals surface area contributed by atoms with Crippen LogP contribution in [0.3, 0.4) is 0 Å². The van der Waals surface area contributed by atoms with Gasteiger partial charge in [-0.1, -0.05) is 41.9 Å². The number of carbonyl (C=O) groups is 1. The zero-order valence-electron chi connectivity index (χ0n) is 18.3. The Bertz CT molecular complexity index is 1080. The van der Waals surface area contributed by atoms with Crippen molar-refractivity contribution in [1.82, 2.24) is 4.90 Å². The maximum absolute atomic E-state index is 11.2. The second-order valence-electron chi connectivity index (χ2n) is 7.90. The van der Waals surface area contributed by atoms with Gasteiger partial charge in [-0.2, -0.15) is 0 Å². The lowest BCUT2D eigenvalue weighted by molar-refractivity contribution is 0.0697. The molecule has 6 nitrogen and oxygen atoms in total. The molecule has 0 radical (unpaired) electrons. The number of halogens is 1. The van der Waals surface area contributed by atoms with E-state index in [-0.39, 0.29) is 5.56 Å². The lowest BCUT2D eigenvalue weighted by Gasteiger charge is -2.37. The molecule has 0 saturated carbocycles. The van der Waals surface area contributed by atoms with Crippen molar-refractivity contribution in [2.45, 2.75) is 6.42 Å². The Hall–Kier alpha value is -3.51. The first-order valence-corrected chi connectivity index (χ1v) is 11.4. The summed E-state index contributed by atoms with van der Waals surface area (Å²) in [5.74, 6) is -0.124. The zero-order chi connectivity index (χ0) is 23.0. The first kappa shape index (κ1) is 22.7. The van der Waals surface area contributed by atoms with Gasteiger partial charge in [-0.05, 0) is 60.5 Å². The van der Waals surface area contributed by atoms with Crippen LogP contribution in [0, 0.1) is 0 Å². The van der Waals surface area contributed by atoms with Crippen molar-refractivity contribution < 1.29 is 9.90 Å². The summed E-state index contributed by atoms with van der Waals surface area (Å²) < 4.78 is 0. The number of hydrogen-bond acceptors (Lipinski definition) is 3. The van der Waals surface area contributed by atoms with Crippen molar-refractivity contribution in [1.29, 1.82) is 0 Å². The van der Waals surface area contributed by atoms with Crippen LogP contribution < -0.4 is 10.2 Å². The van der Waals surface area contributed by atoms with Crippen LogP contribution in [0.2, 0.25) is 5.02 Å². The van der Waals surface area contributed by atoms with E-state index >= 15 is 0 Å². The Labute approximate surface area is 199 Å². The highest BCUT2D eigenvalue weighted by atomic mass is 35.5. The number of hydrogen-bond donors (Lipinski definition) is 2. The van der Waals surface area contributed by atoms with Crippen molar-refractivity contribution >= 4 is 34.9 Å². The van der Waals surface area contributed by atoms with E-state index in [4.69, 9.17) is 21.7 Å². The normalized spacial score (nSPS) is 14.3. The van der Waals surface area contributed by atoms with Gasteiger partial charge in [-0.3, -0.25) is 4.99 Å². The van der Waals surface area contributed by atoms with E-state index in [0.29, 0.717) is 6.54 Å². The van der Waals surface area contributed by atoms with E-state index in [1.54, 1.807) is 24.3 Å². The monoisotopic (exact) mass is 462 g/mol. The molecule has 1 heterocycles. The molecule has 0 amide bonds. The second kappa shape index (κ2) is 10.9. The number of piperazine rings is 1. The molecular weight excluding hydrogens is 436 g/mol. The summed E-state index contributed by atoms with van der Waals surface area (Å²) in [6.07, 6.45) is 0.856. The van der Waals surface area contributed by atoms with Gasteiger partial charge in [0.05, 0.1) is 5.56 Å². The fraction of sp³-hybridized carbons (Fsp3) is 0.231. The van der Waals surface area contributed by atoms with Crippen LogP contribution in [0.5, 0.6) is 0 Å². The van der Waals surface area contributed by atoms with E-state index < -0.39 is 5.97 Å². The predicted molar refractivity (Wildman–Crippen MR) is 135 cm³/mol. The Kier molecular flexibility index (Phi) is 7.47. The molecule has 0 aliphatic carbocycles. The van der Waals surface area contributed by atoms with Crippen LogP contribution in [0.25, 0.3) is 0 Å². The second-order valence-corrected chi connectivity index (χ2v) is 8.34. The summed E-state index contributed by atoms with van der Waals surface area (Å²) >= 11 is 6.03. The molecule has 170 valence electrons. The number of aromatic carboxylic acids is 1. The van der Waals surface area contributed by atoms with E-state index in [1.807, 2.05) is 30.3 Å². The Morgan fingerprint density at radius 1 is 0.909 bits per heavy atom. The van der Waals surface area contributed by atoms with Crippen LogP contribution in [0.4, 0.5) is 11.4 Å². The molecule has 1 aliphatic rings. The van der Waals surface area contributed by atoms with Gasteiger partial charge >= 0.3 is 5.97 Å². The summed E-state index contributed by atoms with van der Waals surface area (Å²) in [5.41, 5.74) is 3.50. The molecule has 1 aliphatic heterocycles. The summed E-state index contributed by atoms with van der Waals surface area (Å²) in [6, 6.07) is 25.0. The molecule has 1 saturated heterocycles. The van der Waals surface area contributed by atoms with Gasteiger partial charge in [0.2, 0.25) is 0 Å². The van der Waals surface area contributed by atoms with E-state index in [0.717, 1.165) is 49.3 Å². The lowest BCUT2D eigenvalue weighted by Crippen LogP contribution is -2.50. The van der Waals surface area contributed by atoms with Crippen LogP contribution in [0.15, 0.2) is 83.9 Å². The Morgan fingerprint density at radius 2 is 1.58 bits per heavy atom. The standard InChI is InChI=1S/C26H27ClN4O2/c27-22-8-12-24(13-9-22)30-16-18-31(19-17-30)26(28-15-14-20-4-2-1-3-5-20)29-23-10-6-21(7-11-23)25(32)33/h1-13H,14-19H2,(H,28,29)(H,32,33). The maximum Gasteiger partial charge on any atom is 0.335 e.